The lowest BCUT2D eigenvalue weighted by atomic mass is 9.71. The van der Waals surface area contributed by atoms with Gasteiger partial charge in [-0.05, 0) is 64.9 Å². The molecule has 0 saturated heterocycles. The van der Waals surface area contributed by atoms with Crippen LogP contribution >= 0.6 is 15.9 Å². The van der Waals surface area contributed by atoms with E-state index < -0.39 is 11.9 Å². The summed E-state index contributed by atoms with van der Waals surface area (Å²) in [6, 6.07) is 15.7. The molecule has 1 heterocycles. The summed E-state index contributed by atoms with van der Waals surface area (Å²) in [4.78, 5) is 40.0. The van der Waals surface area contributed by atoms with E-state index in [-0.39, 0.29) is 24.5 Å². The quantitative estimate of drug-likeness (QED) is 0.461. The van der Waals surface area contributed by atoms with Crippen LogP contribution in [0.15, 0.2) is 75.5 Å². The third-order valence-electron chi connectivity index (χ3n) is 7.16. The predicted octanol–water partition coefficient (Wildman–Crippen LogP) is 5.92. The van der Waals surface area contributed by atoms with Gasteiger partial charge in [0.2, 0.25) is 0 Å². The molecule has 2 aromatic rings. The second-order valence-corrected chi connectivity index (χ2v) is 10.3. The number of hydrogen-bond acceptors (Lipinski definition) is 5. The van der Waals surface area contributed by atoms with Crippen molar-refractivity contribution in [3.63, 3.8) is 0 Å². The predicted molar refractivity (Wildman–Crippen MR) is 138 cm³/mol. The molecule has 0 atom stereocenters. The van der Waals surface area contributed by atoms with Crippen LogP contribution in [0.25, 0.3) is 0 Å². The van der Waals surface area contributed by atoms with Gasteiger partial charge in [0.05, 0.1) is 10.9 Å². The van der Waals surface area contributed by atoms with Gasteiger partial charge in [-0.15, -0.1) is 0 Å². The first-order valence-electron chi connectivity index (χ1n) is 12.4. The summed E-state index contributed by atoms with van der Waals surface area (Å²) >= 11 is 3.64. The van der Waals surface area contributed by atoms with E-state index in [0.29, 0.717) is 49.2 Å². The van der Waals surface area contributed by atoms with Crippen molar-refractivity contribution in [2.45, 2.75) is 57.5 Å². The van der Waals surface area contributed by atoms with E-state index in [1.54, 1.807) is 0 Å². The number of benzene rings is 2. The van der Waals surface area contributed by atoms with Gasteiger partial charge in [-0.25, -0.2) is 0 Å². The summed E-state index contributed by atoms with van der Waals surface area (Å²) in [6.45, 7) is 0.707. The monoisotopic (exact) mass is 549 g/mol. The molecule has 0 saturated carbocycles. The number of rotatable bonds is 7. The molecule has 0 bridgehead atoms. The Morgan fingerprint density at radius 2 is 1.58 bits per heavy atom. The maximum atomic E-state index is 13.3. The molecule has 0 fully saturated rings. The molecule has 1 N–H and O–H groups in total. The zero-order valence-electron chi connectivity index (χ0n) is 20.0. The smallest absolute Gasteiger partial charge is 0.305 e. The van der Waals surface area contributed by atoms with Crippen molar-refractivity contribution in [2.24, 2.45) is 0 Å². The van der Waals surface area contributed by atoms with Crippen LogP contribution in [0.5, 0.6) is 5.75 Å². The Morgan fingerprint density at radius 1 is 0.944 bits per heavy atom. The minimum Gasteiger partial charge on any atom is -0.488 e. The molecule has 1 aliphatic heterocycles. The fourth-order valence-corrected chi connectivity index (χ4v) is 6.09. The number of carbonyl (C=O) groups excluding carboxylic acids is 2. The van der Waals surface area contributed by atoms with Crippen molar-refractivity contribution in [3.8, 4) is 5.75 Å². The van der Waals surface area contributed by atoms with Gasteiger partial charge >= 0.3 is 5.97 Å². The summed E-state index contributed by atoms with van der Waals surface area (Å²) in [5.74, 6) is -0.536. The minimum absolute atomic E-state index is 0.0421. The number of ketones is 2. The average Bonchev–Trinajstić information content (AvgIpc) is 2.87. The minimum atomic E-state index is -0.888. The topological polar surface area (TPSA) is 83.9 Å². The normalized spacial score (nSPS) is 18.3. The van der Waals surface area contributed by atoms with Gasteiger partial charge in [-0.1, -0.05) is 36.4 Å². The zero-order chi connectivity index (χ0) is 25.2. The molecule has 0 spiro atoms. The van der Waals surface area contributed by atoms with Crippen molar-refractivity contribution in [3.05, 3.63) is 86.7 Å². The van der Waals surface area contributed by atoms with Gasteiger partial charge in [0.1, 0.15) is 12.4 Å². The lowest BCUT2D eigenvalue weighted by Crippen LogP contribution is -2.39. The number of ether oxygens (including phenoxy) is 1. The molecule has 0 radical (unpaired) electrons. The Labute approximate surface area is 218 Å². The number of carboxylic acids is 1. The fourth-order valence-electron chi connectivity index (χ4n) is 5.58. The molecular formula is C29H28BrNO5. The van der Waals surface area contributed by atoms with Crippen molar-refractivity contribution >= 4 is 33.5 Å². The van der Waals surface area contributed by atoms with Crippen molar-refractivity contribution in [2.75, 3.05) is 6.54 Å². The summed E-state index contributed by atoms with van der Waals surface area (Å²) in [6.07, 6.45) is 3.74. The zero-order valence-corrected chi connectivity index (χ0v) is 21.6. The Morgan fingerprint density at radius 3 is 2.17 bits per heavy atom. The molecule has 186 valence electrons. The Kier molecular flexibility index (Phi) is 7.10. The number of carboxylic acid groups (broad SMARTS) is 1. The second-order valence-electron chi connectivity index (χ2n) is 9.47. The van der Waals surface area contributed by atoms with Crippen molar-refractivity contribution < 1.29 is 24.2 Å². The molecule has 36 heavy (non-hydrogen) atoms. The molecule has 2 aliphatic carbocycles. The number of carbonyl (C=O) groups is 3. The van der Waals surface area contributed by atoms with E-state index in [0.717, 1.165) is 39.8 Å². The van der Waals surface area contributed by atoms with Crippen LogP contribution in [0.1, 0.15) is 62.0 Å². The van der Waals surface area contributed by atoms with E-state index in [9.17, 15) is 19.5 Å². The molecule has 0 unspecified atom stereocenters. The van der Waals surface area contributed by atoms with Crippen LogP contribution in [0.3, 0.4) is 0 Å². The number of hydrogen-bond donors (Lipinski definition) is 1. The van der Waals surface area contributed by atoms with Crippen molar-refractivity contribution in [1.82, 2.24) is 4.90 Å². The van der Waals surface area contributed by atoms with Gasteiger partial charge in [-0.3, -0.25) is 14.4 Å². The summed E-state index contributed by atoms with van der Waals surface area (Å²) in [5.41, 5.74) is 5.04. The molecule has 5 rings (SSSR count). The highest BCUT2D eigenvalue weighted by atomic mass is 79.9. The first kappa shape index (κ1) is 24.5. The van der Waals surface area contributed by atoms with Crippen LogP contribution in [-0.2, 0) is 21.0 Å². The third-order valence-corrected chi connectivity index (χ3v) is 7.78. The molecular weight excluding hydrogens is 522 g/mol. The van der Waals surface area contributed by atoms with Gasteiger partial charge < -0.3 is 14.7 Å². The standard InChI is InChI=1S/C29H28BrNO5/c30-20-16-19(12-13-25(20)36-17-18-6-2-1-3-7-18)27-28-21(8-4-10-23(28)32)31(15-14-26(34)35)22-9-5-11-24(33)29(22)27/h1-3,6-7,12-13,16,27H,4-5,8-11,14-15,17H2,(H,34,35). The largest absolute Gasteiger partial charge is 0.488 e. The van der Waals surface area contributed by atoms with E-state index in [1.165, 1.54) is 0 Å². The molecule has 2 aromatic carbocycles. The summed E-state index contributed by atoms with van der Waals surface area (Å²) in [5, 5.41) is 9.33. The van der Waals surface area contributed by atoms with Crippen LogP contribution < -0.4 is 4.74 Å². The maximum absolute atomic E-state index is 13.3. The first-order valence-corrected chi connectivity index (χ1v) is 13.2. The Balaban J connectivity index is 1.54. The van der Waals surface area contributed by atoms with Crippen LogP contribution in [0.4, 0.5) is 0 Å². The molecule has 0 amide bonds. The summed E-state index contributed by atoms with van der Waals surface area (Å²) in [7, 11) is 0. The number of aliphatic carboxylic acids is 1. The molecule has 3 aliphatic rings. The highest BCUT2D eigenvalue weighted by molar-refractivity contribution is 9.10. The average molecular weight is 550 g/mol. The third kappa shape index (κ3) is 4.76. The lowest BCUT2D eigenvalue weighted by molar-refractivity contribution is -0.137. The number of Topliss-reactive ketones (excluding diaryl/α,β-unsaturated/α-hetero) is 2. The molecule has 6 nitrogen and oxygen atoms in total. The second kappa shape index (κ2) is 10.4. The van der Waals surface area contributed by atoms with Crippen LogP contribution in [0.2, 0.25) is 0 Å². The highest BCUT2D eigenvalue weighted by Gasteiger charge is 2.43. The van der Waals surface area contributed by atoms with Crippen LogP contribution in [-0.4, -0.2) is 34.1 Å². The fraction of sp³-hybridized carbons (Fsp3) is 0.345. The molecule has 0 aromatic heterocycles. The lowest BCUT2D eigenvalue weighted by Gasteiger charge is -2.44. The maximum Gasteiger partial charge on any atom is 0.305 e. The number of allylic oxidation sites excluding steroid dienone is 4. The van der Waals surface area contributed by atoms with Gasteiger partial charge in [-0.2, -0.15) is 0 Å². The summed E-state index contributed by atoms with van der Waals surface area (Å²) < 4.78 is 6.79. The van der Waals surface area contributed by atoms with E-state index in [2.05, 4.69) is 15.9 Å². The number of nitrogens with zero attached hydrogens (tertiary/aromatic N) is 1. The SMILES string of the molecule is O=C(O)CCN1C2=C(C(=O)CCC2)C(c2ccc(OCc3ccccc3)c(Br)c2)C2=C1CCCC2=O. The molecule has 7 heteroatoms. The van der Waals surface area contributed by atoms with Gasteiger partial charge in [0.15, 0.2) is 11.6 Å². The van der Waals surface area contributed by atoms with Crippen molar-refractivity contribution in [1.29, 1.82) is 0 Å². The van der Waals surface area contributed by atoms with E-state index >= 15 is 0 Å². The Hall–Kier alpha value is -3.19. The van der Waals surface area contributed by atoms with Gasteiger partial charge in [0.25, 0.3) is 0 Å². The first-order chi connectivity index (χ1) is 17.4. The Bertz CT molecular complexity index is 1240. The van der Waals surface area contributed by atoms with Crippen LogP contribution in [0, 0.1) is 0 Å². The number of halogens is 1. The van der Waals surface area contributed by atoms with E-state index in [1.807, 2.05) is 53.4 Å². The van der Waals surface area contributed by atoms with E-state index in [4.69, 9.17) is 4.74 Å². The highest BCUT2D eigenvalue weighted by Crippen LogP contribution is 2.49. The van der Waals surface area contributed by atoms with Gasteiger partial charge in [0, 0.05) is 47.8 Å².